The molecule has 0 saturated carbocycles. The second-order valence-corrected chi connectivity index (χ2v) is 6.18. The van der Waals surface area contributed by atoms with Crippen molar-refractivity contribution in [1.29, 1.82) is 0 Å². The summed E-state index contributed by atoms with van der Waals surface area (Å²) in [5.41, 5.74) is 5.72. The molecule has 0 aliphatic carbocycles. The minimum atomic E-state index is -3.41. The lowest BCUT2D eigenvalue weighted by Gasteiger charge is -2.15. The fourth-order valence-electron chi connectivity index (χ4n) is 1.18. The first-order valence-corrected chi connectivity index (χ1v) is 6.72. The second-order valence-electron chi connectivity index (χ2n) is 4.14. The summed E-state index contributed by atoms with van der Waals surface area (Å²) in [5.74, 6) is -0.474. The minimum Gasteiger partial charge on any atom is -0.327 e. The van der Waals surface area contributed by atoms with Gasteiger partial charge in [-0.25, -0.2) is 12.8 Å². The summed E-state index contributed by atoms with van der Waals surface area (Å²) in [6, 6.07) is 4.38. The highest BCUT2D eigenvalue weighted by molar-refractivity contribution is 7.91. The van der Waals surface area contributed by atoms with Crippen LogP contribution in [0.5, 0.6) is 0 Å². The van der Waals surface area contributed by atoms with Crippen molar-refractivity contribution in [2.24, 2.45) is 11.7 Å². The third-order valence-corrected chi connectivity index (χ3v) is 4.26. The van der Waals surface area contributed by atoms with E-state index in [1.165, 1.54) is 12.1 Å². The van der Waals surface area contributed by atoms with Crippen molar-refractivity contribution in [2.75, 3.05) is 5.75 Å². The fraction of sp³-hybridized carbons (Fsp3) is 0.455. The van der Waals surface area contributed by atoms with Gasteiger partial charge in [0.15, 0.2) is 9.84 Å². The number of sulfone groups is 1. The number of rotatable bonds is 4. The maximum Gasteiger partial charge on any atom is 0.179 e. The van der Waals surface area contributed by atoms with Crippen molar-refractivity contribution in [3.8, 4) is 0 Å². The molecule has 90 valence electrons. The van der Waals surface area contributed by atoms with E-state index in [4.69, 9.17) is 5.73 Å². The molecule has 0 aromatic heterocycles. The Morgan fingerprint density at radius 1 is 1.25 bits per heavy atom. The molecule has 0 spiro atoms. The molecule has 3 nitrogen and oxygen atoms in total. The van der Waals surface area contributed by atoms with Gasteiger partial charge in [0.05, 0.1) is 10.6 Å². The van der Waals surface area contributed by atoms with Gasteiger partial charge in [0.2, 0.25) is 0 Å². The Morgan fingerprint density at radius 2 is 1.75 bits per heavy atom. The van der Waals surface area contributed by atoms with Crippen LogP contribution < -0.4 is 5.73 Å². The summed E-state index contributed by atoms with van der Waals surface area (Å²) in [5, 5.41) is 0. The van der Waals surface area contributed by atoms with Crippen LogP contribution in [0.25, 0.3) is 0 Å². The predicted octanol–water partition coefficient (Wildman–Crippen LogP) is 1.58. The van der Waals surface area contributed by atoms with Crippen LogP contribution in [0.3, 0.4) is 0 Å². The molecule has 1 aromatic rings. The van der Waals surface area contributed by atoms with E-state index in [-0.39, 0.29) is 16.6 Å². The lowest BCUT2D eigenvalue weighted by Crippen LogP contribution is -2.34. The van der Waals surface area contributed by atoms with Gasteiger partial charge in [-0.2, -0.15) is 0 Å². The third kappa shape index (κ3) is 3.28. The van der Waals surface area contributed by atoms with Crippen LogP contribution in [-0.2, 0) is 9.84 Å². The molecule has 0 amide bonds. The summed E-state index contributed by atoms with van der Waals surface area (Å²) >= 11 is 0. The molecule has 1 rings (SSSR count). The van der Waals surface area contributed by atoms with Gasteiger partial charge in [-0.3, -0.25) is 0 Å². The topological polar surface area (TPSA) is 60.2 Å². The Balaban J connectivity index is 2.90. The van der Waals surface area contributed by atoms with Gasteiger partial charge < -0.3 is 5.73 Å². The highest BCUT2D eigenvalue weighted by Crippen LogP contribution is 2.14. The Kier molecular flexibility index (Phi) is 4.04. The van der Waals surface area contributed by atoms with E-state index < -0.39 is 21.7 Å². The van der Waals surface area contributed by atoms with Crippen molar-refractivity contribution in [2.45, 2.75) is 24.8 Å². The van der Waals surface area contributed by atoms with E-state index in [9.17, 15) is 12.8 Å². The summed E-state index contributed by atoms with van der Waals surface area (Å²) in [6.45, 7) is 3.73. The third-order valence-electron chi connectivity index (χ3n) is 2.44. The van der Waals surface area contributed by atoms with Crippen LogP contribution in [0.4, 0.5) is 4.39 Å². The van der Waals surface area contributed by atoms with E-state index in [2.05, 4.69) is 0 Å². The molecular weight excluding hydrogens is 229 g/mol. The molecule has 16 heavy (non-hydrogen) atoms. The fourth-order valence-corrected chi connectivity index (χ4v) is 2.82. The first-order chi connectivity index (χ1) is 7.33. The van der Waals surface area contributed by atoms with Crippen LogP contribution >= 0.6 is 0 Å². The molecule has 0 heterocycles. The molecule has 0 fully saturated rings. The van der Waals surface area contributed by atoms with E-state index >= 15 is 0 Å². The quantitative estimate of drug-likeness (QED) is 0.819. The monoisotopic (exact) mass is 245 g/mol. The van der Waals surface area contributed by atoms with Gasteiger partial charge in [0, 0.05) is 6.04 Å². The molecule has 0 aliphatic heterocycles. The maximum absolute atomic E-state index is 12.6. The number of nitrogens with two attached hydrogens (primary N) is 1. The maximum atomic E-state index is 12.6. The first-order valence-electron chi connectivity index (χ1n) is 5.07. The molecule has 0 radical (unpaired) electrons. The summed E-state index contributed by atoms with van der Waals surface area (Å²) in [6.07, 6.45) is 0. The first kappa shape index (κ1) is 13.1. The van der Waals surface area contributed by atoms with Crippen LogP contribution in [0.1, 0.15) is 13.8 Å². The lowest BCUT2D eigenvalue weighted by molar-refractivity contribution is 0.516. The van der Waals surface area contributed by atoms with E-state index in [1.54, 1.807) is 0 Å². The average Bonchev–Trinajstić information content (AvgIpc) is 2.17. The lowest BCUT2D eigenvalue weighted by atomic mass is 10.1. The number of benzene rings is 1. The predicted molar refractivity (Wildman–Crippen MR) is 61.3 cm³/mol. The van der Waals surface area contributed by atoms with E-state index in [1.807, 2.05) is 13.8 Å². The summed E-state index contributed by atoms with van der Waals surface area (Å²) < 4.78 is 36.4. The van der Waals surface area contributed by atoms with Crippen LogP contribution in [0.2, 0.25) is 0 Å². The van der Waals surface area contributed by atoms with Crippen LogP contribution in [-0.4, -0.2) is 20.2 Å². The van der Waals surface area contributed by atoms with Crippen molar-refractivity contribution in [1.82, 2.24) is 0 Å². The van der Waals surface area contributed by atoms with Crippen LogP contribution in [0.15, 0.2) is 29.2 Å². The zero-order chi connectivity index (χ0) is 12.3. The van der Waals surface area contributed by atoms with Crippen LogP contribution in [0, 0.1) is 11.7 Å². The molecule has 1 unspecified atom stereocenters. The zero-order valence-electron chi connectivity index (χ0n) is 9.35. The molecule has 1 aromatic carbocycles. The summed E-state index contributed by atoms with van der Waals surface area (Å²) in [7, 11) is -3.41. The molecular formula is C11H16FNO2S. The Morgan fingerprint density at radius 3 is 2.19 bits per heavy atom. The second kappa shape index (κ2) is 4.93. The summed E-state index contributed by atoms with van der Waals surface area (Å²) in [4.78, 5) is 0.116. The van der Waals surface area contributed by atoms with Gasteiger partial charge in [-0.15, -0.1) is 0 Å². The number of hydrogen-bond acceptors (Lipinski definition) is 3. The SMILES string of the molecule is CC(C)C(N)CS(=O)(=O)c1ccc(F)cc1. The number of halogens is 1. The highest BCUT2D eigenvalue weighted by Gasteiger charge is 2.20. The Hall–Kier alpha value is -0.940. The average molecular weight is 245 g/mol. The van der Waals surface area contributed by atoms with Crippen molar-refractivity contribution in [3.63, 3.8) is 0 Å². The van der Waals surface area contributed by atoms with Crippen molar-refractivity contribution >= 4 is 9.84 Å². The zero-order valence-corrected chi connectivity index (χ0v) is 10.2. The van der Waals surface area contributed by atoms with Gasteiger partial charge in [0.1, 0.15) is 5.82 Å². The molecule has 1 atom stereocenters. The molecule has 2 N–H and O–H groups in total. The standard InChI is InChI=1S/C11H16FNO2S/c1-8(2)11(13)7-16(14,15)10-5-3-9(12)4-6-10/h3-6,8,11H,7,13H2,1-2H3. The van der Waals surface area contributed by atoms with Gasteiger partial charge in [-0.05, 0) is 30.2 Å². The van der Waals surface area contributed by atoms with E-state index in [0.29, 0.717) is 0 Å². The highest BCUT2D eigenvalue weighted by atomic mass is 32.2. The Bertz CT molecular complexity index is 440. The van der Waals surface area contributed by atoms with Gasteiger partial charge in [0.25, 0.3) is 0 Å². The largest absolute Gasteiger partial charge is 0.327 e. The molecule has 0 aliphatic rings. The van der Waals surface area contributed by atoms with Crippen molar-refractivity contribution < 1.29 is 12.8 Å². The number of hydrogen-bond donors (Lipinski definition) is 1. The van der Waals surface area contributed by atoms with Gasteiger partial charge in [-0.1, -0.05) is 13.8 Å². The van der Waals surface area contributed by atoms with E-state index in [0.717, 1.165) is 12.1 Å². The molecule has 0 saturated heterocycles. The van der Waals surface area contributed by atoms with Crippen molar-refractivity contribution in [3.05, 3.63) is 30.1 Å². The smallest absolute Gasteiger partial charge is 0.179 e. The Labute approximate surface area is 95.4 Å². The normalized spacial score (nSPS) is 14.1. The minimum absolute atomic E-state index is 0.0928. The van der Waals surface area contributed by atoms with Gasteiger partial charge >= 0.3 is 0 Å². The molecule has 5 heteroatoms. The molecule has 0 bridgehead atoms.